The molecule has 0 saturated carbocycles. The summed E-state index contributed by atoms with van der Waals surface area (Å²) in [6.45, 7) is 4.05. The minimum atomic E-state index is -0.271. The number of aromatic nitrogens is 1. The molecule has 1 N–H and O–H groups in total. The van der Waals surface area contributed by atoms with Gasteiger partial charge in [0, 0.05) is 5.39 Å². The van der Waals surface area contributed by atoms with Gasteiger partial charge in [-0.05, 0) is 44.7 Å². The summed E-state index contributed by atoms with van der Waals surface area (Å²) in [5, 5.41) is 4.18. The average molecular weight is 294 g/mol. The van der Waals surface area contributed by atoms with Gasteiger partial charge in [0.15, 0.2) is 0 Å². The third-order valence-corrected chi connectivity index (χ3v) is 4.79. The monoisotopic (exact) mass is 294 g/mol. The quantitative estimate of drug-likeness (QED) is 0.839. The molecule has 3 heteroatoms. The SMILES string of the molecule is CCC1(C(=O)Nc2cc3ccccc3nc2C)CC=CCC1. The molecule has 1 aliphatic rings. The molecule has 0 spiro atoms. The fourth-order valence-corrected chi connectivity index (χ4v) is 3.17. The van der Waals surface area contributed by atoms with Crippen LogP contribution >= 0.6 is 0 Å². The standard InChI is InChI=1S/C19H22N2O/c1-3-19(11-7-4-8-12-19)18(22)21-17-13-15-9-5-6-10-16(15)20-14(17)2/h4-7,9-10,13H,3,8,11-12H2,1-2H3,(H,21,22). The van der Waals surface area contributed by atoms with Gasteiger partial charge in [0.1, 0.15) is 0 Å². The van der Waals surface area contributed by atoms with Gasteiger partial charge >= 0.3 is 0 Å². The number of rotatable bonds is 3. The second-order valence-corrected chi connectivity index (χ2v) is 6.12. The highest BCUT2D eigenvalue weighted by Crippen LogP contribution is 2.37. The van der Waals surface area contributed by atoms with Crippen LogP contribution in [0.4, 0.5) is 5.69 Å². The minimum Gasteiger partial charge on any atom is -0.324 e. The molecule has 0 fully saturated rings. The Morgan fingerprint density at radius 2 is 2.14 bits per heavy atom. The van der Waals surface area contributed by atoms with E-state index < -0.39 is 0 Å². The van der Waals surface area contributed by atoms with E-state index in [1.54, 1.807) is 0 Å². The maximum atomic E-state index is 12.8. The maximum absolute atomic E-state index is 12.8. The van der Waals surface area contributed by atoms with Crippen LogP contribution in [0.2, 0.25) is 0 Å². The largest absolute Gasteiger partial charge is 0.324 e. The van der Waals surface area contributed by atoms with E-state index in [0.717, 1.165) is 48.0 Å². The Kier molecular flexibility index (Phi) is 3.97. The van der Waals surface area contributed by atoms with Gasteiger partial charge in [0.05, 0.1) is 22.3 Å². The third-order valence-electron chi connectivity index (χ3n) is 4.79. The normalized spacial score (nSPS) is 21.0. The van der Waals surface area contributed by atoms with E-state index in [0.29, 0.717) is 0 Å². The molecule has 3 rings (SSSR count). The Labute approximate surface area is 131 Å². The molecular formula is C19H22N2O. The molecule has 1 amide bonds. The summed E-state index contributed by atoms with van der Waals surface area (Å²) in [6.07, 6.45) is 7.91. The van der Waals surface area contributed by atoms with Crippen molar-refractivity contribution in [3.63, 3.8) is 0 Å². The highest BCUT2D eigenvalue weighted by Gasteiger charge is 2.36. The fraction of sp³-hybridized carbons (Fsp3) is 0.368. The molecule has 3 nitrogen and oxygen atoms in total. The first-order chi connectivity index (χ1) is 10.6. The van der Waals surface area contributed by atoms with Gasteiger partial charge in [-0.25, -0.2) is 0 Å². The molecule has 0 bridgehead atoms. The Hall–Kier alpha value is -2.16. The number of amides is 1. The van der Waals surface area contributed by atoms with E-state index in [9.17, 15) is 4.79 Å². The number of para-hydroxylation sites is 1. The number of carbonyl (C=O) groups is 1. The highest BCUT2D eigenvalue weighted by atomic mass is 16.2. The predicted octanol–water partition coefficient (Wildman–Crippen LogP) is 4.62. The smallest absolute Gasteiger partial charge is 0.230 e. The zero-order valence-corrected chi connectivity index (χ0v) is 13.2. The van der Waals surface area contributed by atoms with Crippen molar-refractivity contribution in [2.45, 2.75) is 39.5 Å². The first kappa shape index (κ1) is 14.8. The molecule has 1 aromatic carbocycles. The lowest BCUT2D eigenvalue weighted by atomic mass is 9.74. The van der Waals surface area contributed by atoms with Crippen LogP contribution in [0.5, 0.6) is 0 Å². The van der Waals surface area contributed by atoms with Crippen molar-refractivity contribution in [1.82, 2.24) is 4.98 Å². The number of fused-ring (bicyclic) bond motifs is 1. The molecule has 1 aliphatic carbocycles. The number of aryl methyl sites for hydroxylation is 1. The number of carbonyl (C=O) groups excluding carboxylic acids is 1. The second-order valence-electron chi connectivity index (χ2n) is 6.12. The second kappa shape index (κ2) is 5.91. The Balaban J connectivity index is 1.90. The maximum Gasteiger partial charge on any atom is 0.230 e. The number of anilines is 1. The summed E-state index contributed by atoms with van der Waals surface area (Å²) >= 11 is 0. The zero-order valence-electron chi connectivity index (χ0n) is 13.2. The first-order valence-corrected chi connectivity index (χ1v) is 7.97. The number of hydrogen-bond donors (Lipinski definition) is 1. The van der Waals surface area contributed by atoms with Crippen molar-refractivity contribution in [1.29, 1.82) is 0 Å². The number of pyridine rings is 1. The number of nitrogens with one attached hydrogen (secondary N) is 1. The molecule has 2 aromatic rings. The number of hydrogen-bond acceptors (Lipinski definition) is 2. The van der Waals surface area contributed by atoms with Crippen molar-refractivity contribution in [2.75, 3.05) is 5.32 Å². The van der Waals surface area contributed by atoms with Gasteiger partial charge in [-0.3, -0.25) is 9.78 Å². The van der Waals surface area contributed by atoms with Crippen LogP contribution in [0.1, 0.15) is 38.3 Å². The summed E-state index contributed by atoms with van der Waals surface area (Å²) in [5.41, 5.74) is 2.38. The average Bonchev–Trinajstić information content (AvgIpc) is 2.56. The summed E-state index contributed by atoms with van der Waals surface area (Å²) in [7, 11) is 0. The minimum absolute atomic E-state index is 0.125. The van der Waals surface area contributed by atoms with E-state index in [-0.39, 0.29) is 11.3 Å². The zero-order chi connectivity index (χ0) is 15.6. The van der Waals surface area contributed by atoms with Gasteiger partial charge in [0.2, 0.25) is 5.91 Å². The van der Waals surface area contributed by atoms with Gasteiger partial charge in [-0.2, -0.15) is 0 Å². The van der Waals surface area contributed by atoms with Crippen LogP contribution in [0.15, 0.2) is 42.5 Å². The van der Waals surface area contributed by atoms with E-state index >= 15 is 0 Å². The Bertz CT molecular complexity index is 735. The molecule has 0 radical (unpaired) electrons. The molecule has 1 atom stereocenters. The van der Waals surface area contributed by atoms with E-state index in [1.165, 1.54) is 0 Å². The summed E-state index contributed by atoms with van der Waals surface area (Å²) < 4.78 is 0. The lowest BCUT2D eigenvalue weighted by Crippen LogP contribution is -2.36. The van der Waals surface area contributed by atoms with Crippen LogP contribution in [-0.4, -0.2) is 10.9 Å². The summed E-state index contributed by atoms with van der Waals surface area (Å²) in [5.74, 6) is 0.125. The van der Waals surface area contributed by atoms with Crippen molar-refractivity contribution in [2.24, 2.45) is 5.41 Å². The number of nitrogens with zero attached hydrogens (tertiary/aromatic N) is 1. The fourth-order valence-electron chi connectivity index (χ4n) is 3.17. The van der Waals surface area contributed by atoms with Crippen LogP contribution in [0, 0.1) is 12.3 Å². The molecule has 0 aliphatic heterocycles. The van der Waals surface area contributed by atoms with Crippen LogP contribution in [0.3, 0.4) is 0 Å². The van der Waals surface area contributed by atoms with Crippen molar-refractivity contribution in [3.05, 3.63) is 48.2 Å². The van der Waals surface area contributed by atoms with Crippen LogP contribution in [0.25, 0.3) is 10.9 Å². The Morgan fingerprint density at radius 1 is 1.32 bits per heavy atom. The molecular weight excluding hydrogens is 272 g/mol. The molecule has 1 unspecified atom stereocenters. The van der Waals surface area contributed by atoms with Gasteiger partial charge in [-0.1, -0.05) is 37.3 Å². The molecule has 1 heterocycles. The number of benzene rings is 1. The van der Waals surface area contributed by atoms with Crippen molar-refractivity contribution in [3.8, 4) is 0 Å². The summed E-state index contributed by atoms with van der Waals surface area (Å²) in [6, 6.07) is 10.0. The van der Waals surface area contributed by atoms with Gasteiger partial charge < -0.3 is 5.32 Å². The summed E-state index contributed by atoms with van der Waals surface area (Å²) in [4.78, 5) is 17.4. The van der Waals surface area contributed by atoms with Crippen LogP contribution < -0.4 is 5.32 Å². The van der Waals surface area contributed by atoms with Gasteiger partial charge in [0.25, 0.3) is 0 Å². The lowest BCUT2D eigenvalue weighted by Gasteiger charge is -2.32. The highest BCUT2D eigenvalue weighted by molar-refractivity contribution is 5.97. The lowest BCUT2D eigenvalue weighted by molar-refractivity contribution is -0.126. The van der Waals surface area contributed by atoms with E-state index in [4.69, 9.17) is 0 Å². The molecule has 1 aromatic heterocycles. The van der Waals surface area contributed by atoms with Crippen molar-refractivity contribution >= 4 is 22.5 Å². The third kappa shape index (κ3) is 2.63. The molecule has 114 valence electrons. The predicted molar refractivity (Wildman–Crippen MR) is 90.8 cm³/mol. The number of allylic oxidation sites excluding steroid dienone is 2. The van der Waals surface area contributed by atoms with E-state index in [2.05, 4.69) is 29.4 Å². The van der Waals surface area contributed by atoms with E-state index in [1.807, 2.05) is 37.3 Å². The first-order valence-electron chi connectivity index (χ1n) is 7.97. The Morgan fingerprint density at radius 3 is 2.86 bits per heavy atom. The van der Waals surface area contributed by atoms with Gasteiger partial charge in [-0.15, -0.1) is 0 Å². The molecule has 22 heavy (non-hydrogen) atoms. The molecule has 0 saturated heterocycles. The van der Waals surface area contributed by atoms with Crippen molar-refractivity contribution < 1.29 is 4.79 Å². The topological polar surface area (TPSA) is 42.0 Å². The van der Waals surface area contributed by atoms with Crippen LogP contribution in [-0.2, 0) is 4.79 Å².